The molecule has 2 atom stereocenters. The van der Waals surface area contributed by atoms with Gasteiger partial charge in [0.25, 0.3) is 0 Å². The van der Waals surface area contributed by atoms with Gasteiger partial charge in [-0.2, -0.15) is 10.2 Å². The molecule has 2 aromatic heterocycles. The van der Waals surface area contributed by atoms with E-state index in [1.807, 2.05) is 55.5 Å². The Hall–Kier alpha value is -4.06. The number of allylic oxidation sites excluding steroid dienone is 2. The van der Waals surface area contributed by atoms with Crippen LogP contribution in [0, 0.1) is 23.5 Å². The zero-order valence-corrected chi connectivity index (χ0v) is 21.9. The van der Waals surface area contributed by atoms with E-state index in [1.165, 1.54) is 29.7 Å². The topological polar surface area (TPSA) is 100 Å². The van der Waals surface area contributed by atoms with Gasteiger partial charge in [-0.3, -0.25) is 0 Å². The van der Waals surface area contributed by atoms with Crippen LogP contribution in [-0.2, 0) is 21.6 Å². The summed E-state index contributed by atoms with van der Waals surface area (Å²) in [5, 5.41) is 19.9. The third kappa shape index (κ3) is 6.56. The van der Waals surface area contributed by atoms with E-state index in [9.17, 15) is 13.9 Å². The molecule has 0 aliphatic carbocycles. The van der Waals surface area contributed by atoms with E-state index < -0.39 is 29.4 Å². The SMILES string of the molecule is C[C@@H](CC1COC(/C=C/C=C/c2ccc(-n3cncn3)cc2)OC1)[C@](O)(Cn1cncn1)c1ccc(F)cc1F. The molecule has 0 amide bonds. The highest BCUT2D eigenvalue weighted by molar-refractivity contribution is 5.53. The number of nitrogens with zero attached hydrogens (tertiary/aromatic N) is 6. The van der Waals surface area contributed by atoms with Crippen LogP contribution in [0.1, 0.15) is 24.5 Å². The molecule has 0 radical (unpaired) electrons. The summed E-state index contributed by atoms with van der Waals surface area (Å²) in [6.07, 6.45) is 13.5. The number of aromatic nitrogens is 6. The third-order valence-corrected chi connectivity index (χ3v) is 7.01. The highest BCUT2D eigenvalue weighted by Gasteiger charge is 2.40. The van der Waals surface area contributed by atoms with Gasteiger partial charge in [-0.15, -0.1) is 0 Å². The van der Waals surface area contributed by atoms with Crippen LogP contribution in [0.2, 0.25) is 0 Å². The lowest BCUT2D eigenvalue weighted by atomic mass is 9.77. The van der Waals surface area contributed by atoms with Crippen molar-refractivity contribution in [1.82, 2.24) is 29.5 Å². The average Bonchev–Trinajstić information content (AvgIpc) is 3.67. The van der Waals surface area contributed by atoms with Crippen LogP contribution < -0.4 is 0 Å². The summed E-state index contributed by atoms with van der Waals surface area (Å²) < 4.78 is 43.2. The molecule has 1 fully saturated rings. The second kappa shape index (κ2) is 12.4. The first kappa shape index (κ1) is 27.5. The van der Waals surface area contributed by atoms with Gasteiger partial charge in [-0.1, -0.05) is 43.4 Å². The molecule has 2 aromatic carbocycles. The summed E-state index contributed by atoms with van der Waals surface area (Å²) in [6.45, 7) is 2.62. The average molecular weight is 549 g/mol. The Morgan fingerprint density at radius 3 is 2.45 bits per heavy atom. The van der Waals surface area contributed by atoms with Crippen molar-refractivity contribution in [1.29, 1.82) is 0 Å². The quantitative estimate of drug-likeness (QED) is 0.295. The normalized spacial score (nSPS) is 20.2. The lowest BCUT2D eigenvalue weighted by Crippen LogP contribution is -2.42. The van der Waals surface area contributed by atoms with Gasteiger partial charge >= 0.3 is 0 Å². The molecule has 208 valence electrons. The lowest BCUT2D eigenvalue weighted by molar-refractivity contribution is -0.181. The molecule has 0 saturated carbocycles. The number of rotatable bonds is 10. The molecule has 9 nitrogen and oxygen atoms in total. The minimum atomic E-state index is -1.65. The first-order valence-electron chi connectivity index (χ1n) is 12.9. The Morgan fingerprint density at radius 2 is 1.77 bits per heavy atom. The number of ether oxygens (including phenoxy) is 2. The van der Waals surface area contributed by atoms with Crippen LogP contribution in [0.4, 0.5) is 8.78 Å². The first-order valence-corrected chi connectivity index (χ1v) is 12.9. The highest BCUT2D eigenvalue weighted by atomic mass is 19.1. The van der Waals surface area contributed by atoms with Gasteiger partial charge in [0.15, 0.2) is 6.29 Å². The van der Waals surface area contributed by atoms with Crippen LogP contribution in [0.5, 0.6) is 0 Å². The number of aliphatic hydroxyl groups is 1. The molecular formula is C29H30F2N6O3. The molecule has 0 unspecified atom stereocenters. The van der Waals surface area contributed by atoms with Crippen LogP contribution >= 0.6 is 0 Å². The van der Waals surface area contributed by atoms with Crippen molar-refractivity contribution in [2.75, 3.05) is 13.2 Å². The maximum absolute atomic E-state index is 14.8. The molecule has 40 heavy (non-hydrogen) atoms. The summed E-state index contributed by atoms with van der Waals surface area (Å²) >= 11 is 0. The standard InChI is InChI=1S/C29H30F2N6O3/c1-21(29(38,16-36-19-32-17-34-36)26-11-8-24(30)13-27(26)31)12-23-14-39-28(40-15-23)5-3-2-4-22-6-9-25(10-7-22)37-20-33-18-35-37/h2-11,13,17-21,23,28,38H,12,14-16H2,1H3/b4-2+,5-3+/t21-,23?,28?,29+/m0/s1. The Labute approximate surface area is 230 Å². The molecule has 0 spiro atoms. The van der Waals surface area contributed by atoms with Gasteiger partial charge < -0.3 is 14.6 Å². The van der Waals surface area contributed by atoms with Crippen LogP contribution in [0.25, 0.3) is 11.8 Å². The maximum Gasteiger partial charge on any atom is 0.177 e. The molecule has 5 rings (SSSR count). The smallest absolute Gasteiger partial charge is 0.177 e. The van der Waals surface area contributed by atoms with E-state index in [-0.39, 0.29) is 18.0 Å². The fourth-order valence-corrected chi connectivity index (χ4v) is 4.81. The Balaban J connectivity index is 1.15. The zero-order valence-electron chi connectivity index (χ0n) is 21.9. The van der Waals surface area contributed by atoms with Crippen molar-refractivity contribution in [3.8, 4) is 5.69 Å². The van der Waals surface area contributed by atoms with Crippen molar-refractivity contribution in [3.05, 3.63) is 109 Å². The van der Waals surface area contributed by atoms with Gasteiger partial charge in [-0.05, 0) is 42.2 Å². The Morgan fingerprint density at radius 1 is 1.02 bits per heavy atom. The predicted molar refractivity (Wildman–Crippen MR) is 143 cm³/mol. The first-order chi connectivity index (χ1) is 19.4. The predicted octanol–water partition coefficient (Wildman–Crippen LogP) is 4.31. The minimum Gasteiger partial charge on any atom is -0.383 e. The van der Waals surface area contributed by atoms with E-state index in [1.54, 1.807) is 11.0 Å². The minimum absolute atomic E-state index is 0.00942. The van der Waals surface area contributed by atoms with E-state index in [4.69, 9.17) is 9.47 Å². The van der Waals surface area contributed by atoms with Gasteiger partial charge in [0.1, 0.15) is 42.5 Å². The summed E-state index contributed by atoms with van der Waals surface area (Å²) in [4.78, 5) is 7.86. The fraction of sp³-hybridized carbons (Fsp3) is 0.310. The van der Waals surface area contributed by atoms with Crippen molar-refractivity contribution in [3.63, 3.8) is 0 Å². The number of hydrogen-bond donors (Lipinski definition) is 1. The summed E-state index contributed by atoms with van der Waals surface area (Å²) in [6, 6.07) is 11.1. The van der Waals surface area contributed by atoms with Gasteiger partial charge in [0.2, 0.25) is 0 Å². The Bertz CT molecular complexity index is 1420. The van der Waals surface area contributed by atoms with Gasteiger partial charge in [0, 0.05) is 17.5 Å². The molecule has 1 aliphatic heterocycles. The molecule has 11 heteroatoms. The molecule has 1 N–H and O–H groups in total. The number of halogens is 2. The molecule has 0 bridgehead atoms. The second-order valence-electron chi connectivity index (χ2n) is 9.85. The zero-order chi connectivity index (χ0) is 28.0. The summed E-state index contributed by atoms with van der Waals surface area (Å²) in [5.41, 5.74) is 0.317. The largest absolute Gasteiger partial charge is 0.383 e. The maximum atomic E-state index is 14.8. The number of benzene rings is 2. The van der Waals surface area contributed by atoms with Crippen molar-refractivity contribution in [2.24, 2.45) is 11.8 Å². The lowest BCUT2D eigenvalue weighted by Gasteiger charge is -2.38. The summed E-state index contributed by atoms with van der Waals surface area (Å²) in [7, 11) is 0. The second-order valence-corrected chi connectivity index (χ2v) is 9.85. The number of hydrogen-bond acceptors (Lipinski definition) is 7. The highest BCUT2D eigenvalue weighted by Crippen LogP contribution is 2.37. The molecular weight excluding hydrogens is 518 g/mol. The summed E-state index contributed by atoms with van der Waals surface area (Å²) in [5.74, 6) is -1.97. The van der Waals surface area contributed by atoms with Crippen LogP contribution in [-0.4, -0.2) is 54.1 Å². The van der Waals surface area contributed by atoms with E-state index >= 15 is 0 Å². The van der Waals surface area contributed by atoms with Crippen molar-refractivity contribution in [2.45, 2.75) is 31.8 Å². The van der Waals surface area contributed by atoms with Gasteiger partial charge in [0.05, 0.1) is 25.4 Å². The molecule has 1 aliphatic rings. The van der Waals surface area contributed by atoms with Crippen LogP contribution in [0.15, 0.2) is 86.0 Å². The Kier molecular flexibility index (Phi) is 8.54. The fourth-order valence-electron chi connectivity index (χ4n) is 4.81. The van der Waals surface area contributed by atoms with Crippen LogP contribution in [0.3, 0.4) is 0 Å². The van der Waals surface area contributed by atoms with E-state index in [0.29, 0.717) is 19.6 Å². The van der Waals surface area contributed by atoms with E-state index in [2.05, 4.69) is 20.2 Å². The van der Waals surface area contributed by atoms with Gasteiger partial charge in [-0.25, -0.2) is 28.1 Å². The molecule has 3 heterocycles. The van der Waals surface area contributed by atoms with Crippen molar-refractivity contribution >= 4 is 6.08 Å². The van der Waals surface area contributed by atoms with E-state index in [0.717, 1.165) is 23.4 Å². The van der Waals surface area contributed by atoms with Crippen molar-refractivity contribution < 1.29 is 23.4 Å². The molecule has 4 aromatic rings. The molecule has 1 saturated heterocycles. The third-order valence-electron chi connectivity index (χ3n) is 7.01. The monoisotopic (exact) mass is 548 g/mol.